The van der Waals surface area contributed by atoms with Gasteiger partial charge in [-0.15, -0.1) is 0 Å². The van der Waals surface area contributed by atoms with Crippen LogP contribution in [0.3, 0.4) is 0 Å². The van der Waals surface area contributed by atoms with Gasteiger partial charge in [-0.3, -0.25) is 0 Å². The average molecular weight is 267 g/mol. The molecule has 1 aromatic rings. The number of methoxy groups -OCH3 is 1. The second kappa shape index (κ2) is 7.62. The summed E-state index contributed by atoms with van der Waals surface area (Å²) < 4.78 is 12.8. The van der Waals surface area contributed by atoms with Crippen LogP contribution in [0.25, 0.3) is 0 Å². The summed E-state index contributed by atoms with van der Waals surface area (Å²) in [5.74, 6) is 1.15. The average Bonchev–Trinajstić information content (AvgIpc) is 2.74. The van der Waals surface area contributed by atoms with Gasteiger partial charge in [0.2, 0.25) is 0 Å². The number of ether oxygens (including phenoxy) is 2. The Kier molecular flexibility index (Phi) is 5.82. The minimum absolute atomic E-state index is 0.682. The van der Waals surface area contributed by atoms with E-state index in [9.17, 15) is 0 Å². The maximum absolute atomic E-state index is 5.48. The molecular weight excluding hydrogens is 242 g/mol. The van der Waals surface area contributed by atoms with Crippen molar-refractivity contribution in [1.82, 2.24) is 14.9 Å². The number of fused-ring (bicyclic) bond motifs is 1. The van der Waals surface area contributed by atoms with Crippen molar-refractivity contribution in [2.24, 2.45) is 0 Å². The van der Waals surface area contributed by atoms with Crippen molar-refractivity contribution in [3.8, 4) is 0 Å². The topological polar surface area (TPSA) is 48.3 Å². The molecule has 1 aliphatic heterocycles. The molecule has 19 heavy (non-hydrogen) atoms. The minimum Gasteiger partial charge on any atom is -0.382 e. The molecule has 0 bridgehead atoms. The van der Waals surface area contributed by atoms with Crippen LogP contribution < -0.4 is 5.32 Å². The van der Waals surface area contributed by atoms with E-state index in [1.54, 1.807) is 7.11 Å². The van der Waals surface area contributed by atoms with Gasteiger partial charge in [-0.05, 0) is 19.8 Å². The summed E-state index contributed by atoms with van der Waals surface area (Å²) in [6, 6.07) is 0. The van der Waals surface area contributed by atoms with Crippen LogP contribution in [0.1, 0.15) is 30.1 Å². The second-order valence-electron chi connectivity index (χ2n) is 4.94. The Balaban J connectivity index is 1.72. The minimum atomic E-state index is 0.682. The zero-order chi connectivity index (χ0) is 13.5. The van der Waals surface area contributed by atoms with E-state index in [1.165, 1.54) is 11.4 Å². The Morgan fingerprint density at radius 1 is 1.26 bits per heavy atom. The first-order chi connectivity index (χ1) is 9.33. The first-order valence-electron chi connectivity index (χ1n) is 7.15. The van der Waals surface area contributed by atoms with Crippen LogP contribution in [0, 0.1) is 6.92 Å². The molecule has 0 amide bonds. The third-order valence-corrected chi connectivity index (χ3v) is 3.53. The van der Waals surface area contributed by atoms with Crippen molar-refractivity contribution in [3.63, 3.8) is 0 Å². The highest BCUT2D eigenvalue weighted by Gasteiger charge is 2.16. The highest BCUT2D eigenvalue weighted by Crippen LogP contribution is 2.16. The van der Waals surface area contributed by atoms with Gasteiger partial charge in [-0.1, -0.05) is 0 Å². The lowest BCUT2D eigenvalue weighted by molar-refractivity contribution is 0.0684. The van der Waals surface area contributed by atoms with Gasteiger partial charge in [0.25, 0.3) is 0 Å². The summed E-state index contributed by atoms with van der Waals surface area (Å²) in [5, 5.41) is 3.37. The molecule has 0 radical (unpaired) electrons. The van der Waals surface area contributed by atoms with Gasteiger partial charge in [0.05, 0.1) is 18.9 Å². The monoisotopic (exact) mass is 267 g/mol. The second-order valence-corrected chi connectivity index (χ2v) is 4.94. The summed E-state index contributed by atoms with van der Waals surface area (Å²) >= 11 is 0. The molecule has 1 aliphatic rings. The first-order valence-corrected chi connectivity index (χ1v) is 7.15. The largest absolute Gasteiger partial charge is 0.382 e. The van der Waals surface area contributed by atoms with Crippen LogP contribution in [-0.4, -0.2) is 43.0 Å². The van der Waals surface area contributed by atoms with Gasteiger partial charge >= 0.3 is 0 Å². The zero-order valence-corrected chi connectivity index (χ0v) is 12.1. The third kappa shape index (κ3) is 4.03. The summed E-state index contributed by atoms with van der Waals surface area (Å²) in [4.78, 5) is 4.64. The Hall–Kier alpha value is -0.910. The van der Waals surface area contributed by atoms with Gasteiger partial charge in [-0.25, -0.2) is 4.98 Å². The van der Waals surface area contributed by atoms with E-state index in [4.69, 9.17) is 9.47 Å². The lowest BCUT2D eigenvalue weighted by Crippen LogP contribution is -2.25. The summed E-state index contributed by atoms with van der Waals surface area (Å²) in [6.45, 7) is 7.35. The van der Waals surface area contributed by atoms with Crippen molar-refractivity contribution >= 4 is 0 Å². The number of aryl methyl sites for hydroxylation is 1. The summed E-state index contributed by atoms with van der Waals surface area (Å²) in [5.41, 5.74) is 2.66. The van der Waals surface area contributed by atoms with Crippen LogP contribution in [0.5, 0.6) is 0 Å². The number of nitrogens with one attached hydrogen (secondary N) is 1. The SMILES string of the molecule is COCCOCCCCn1c(C)nc2c1CCNC2. The number of hydrogen-bond donors (Lipinski definition) is 1. The van der Waals surface area contributed by atoms with Crippen LogP contribution in [0.2, 0.25) is 0 Å². The van der Waals surface area contributed by atoms with E-state index in [2.05, 4.69) is 21.8 Å². The van der Waals surface area contributed by atoms with Crippen molar-refractivity contribution in [1.29, 1.82) is 0 Å². The molecule has 0 spiro atoms. The van der Waals surface area contributed by atoms with E-state index < -0.39 is 0 Å². The molecule has 0 aliphatic carbocycles. The molecule has 2 heterocycles. The molecule has 5 nitrogen and oxygen atoms in total. The van der Waals surface area contributed by atoms with Gasteiger partial charge < -0.3 is 19.4 Å². The standard InChI is InChI=1S/C14H25N3O2/c1-12-16-13-11-15-6-5-14(13)17(12)7-3-4-8-19-10-9-18-2/h15H,3-11H2,1-2H3. The third-order valence-electron chi connectivity index (χ3n) is 3.53. The Bertz CT molecular complexity index is 390. The number of unbranched alkanes of at least 4 members (excludes halogenated alkanes) is 1. The molecule has 0 atom stereocenters. The zero-order valence-electron chi connectivity index (χ0n) is 12.1. The number of nitrogens with zero attached hydrogens (tertiary/aromatic N) is 2. The fourth-order valence-electron chi connectivity index (χ4n) is 2.52. The molecule has 0 saturated heterocycles. The van der Waals surface area contributed by atoms with E-state index in [-0.39, 0.29) is 0 Å². The molecule has 0 aromatic carbocycles. The van der Waals surface area contributed by atoms with Gasteiger partial charge in [-0.2, -0.15) is 0 Å². The highest BCUT2D eigenvalue weighted by atomic mass is 16.5. The van der Waals surface area contributed by atoms with E-state index >= 15 is 0 Å². The number of aromatic nitrogens is 2. The molecule has 0 saturated carbocycles. The number of rotatable bonds is 8. The fourth-order valence-corrected chi connectivity index (χ4v) is 2.52. The van der Waals surface area contributed by atoms with E-state index in [0.717, 1.165) is 51.3 Å². The quantitative estimate of drug-likeness (QED) is 0.721. The van der Waals surface area contributed by atoms with Gasteiger partial charge in [0, 0.05) is 45.5 Å². The Morgan fingerprint density at radius 2 is 2.16 bits per heavy atom. The summed E-state index contributed by atoms with van der Waals surface area (Å²) in [6.07, 6.45) is 3.33. The van der Waals surface area contributed by atoms with Crippen LogP contribution in [0.15, 0.2) is 0 Å². The molecule has 0 fully saturated rings. The lowest BCUT2D eigenvalue weighted by Gasteiger charge is -2.15. The van der Waals surface area contributed by atoms with Crippen molar-refractivity contribution in [3.05, 3.63) is 17.2 Å². The van der Waals surface area contributed by atoms with Crippen LogP contribution in [-0.2, 0) is 29.0 Å². The molecular formula is C14H25N3O2. The summed E-state index contributed by atoms with van der Waals surface area (Å²) in [7, 11) is 1.70. The molecule has 108 valence electrons. The Labute approximate surface area is 115 Å². The van der Waals surface area contributed by atoms with Crippen LogP contribution in [0.4, 0.5) is 0 Å². The maximum atomic E-state index is 5.48. The molecule has 5 heteroatoms. The van der Waals surface area contributed by atoms with Crippen molar-refractivity contribution < 1.29 is 9.47 Å². The molecule has 1 N–H and O–H groups in total. The van der Waals surface area contributed by atoms with E-state index in [1.807, 2.05) is 0 Å². The smallest absolute Gasteiger partial charge is 0.106 e. The normalized spacial score (nSPS) is 14.6. The van der Waals surface area contributed by atoms with Crippen molar-refractivity contribution in [2.45, 2.75) is 39.3 Å². The molecule has 1 aromatic heterocycles. The Morgan fingerprint density at radius 3 is 3.00 bits per heavy atom. The predicted octanol–water partition coefficient (Wildman–Crippen LogP) is 1.28. The lowest BCUT2D eigenvalue weighted by atomic mass is 10.2. The molecule has 2 rings (SSSR count). The van der Waals surface area contributed by atoms with Crippen LogP contribution >= 0.6 is 0 Å². The van der Waals surface area contributed by atoms with Gasteiger partial charge in [0.1, 0.15) is 5.82 Å². The molecule has 0 unspecified atom stereocenters. The van der Waals surface area contributed by atoms with Gasteiger partial charge in [0.15, 0.2) is 0 Å². The van der Waals surface area contributed by atoms with Crippen molar-refractivity contribution in [2.75, 3.05) is 33.5 Å². The number of hydrogen-bond acceptors (Lipinski definition) is 4. The first kappa shape index (κ1) is 14.5. The maximum Gasteiger partial charge on any atom is 0.106 e. The fraction of sp³-hybridized carbons (Fsp3) is 0.786. The highest BCUT2D eigenvalue weighted by molar-refractivity contribution is 5.19. The predicted molar refractivity (Wildman–Crippen MR) is 74.3 cm³/mol. The van der Waals surface area contributed by atoms with E-state index in [0.29, 0.717) is 13.2 Å². The number of imidazole rings is 1.